The number of ether oxygens (including phenoxy) is 1. The van der Waals surface area contributed by atoms with Gasteiger partial charge in [0.25, 0.3) is 5.91 Å². The maximum Gasteiger partial charge on any atom is 0.335 e. The van der Waals surface area contributed by atoms with Crippen LogP contribution >= 0.6 is 0 Å². The average Bonchev–Trinajstić information content (AvgIpc) is 3.14. The third-order valence-corrected chi connectivity index (χ3v) is 3.24. The summed E-state index contributed by atoms with van der Waals surface area (Å²) in [6.45, 7) is 0.157. The molecule has 0 saturated heterocycles. The summed E-state index contributed by atoms with van der Waals surface area (Å²) in [6.07, 6.45) is 0. The van der Waals surface area contributed by atoms with Crippen LogP contribution in [0.3, 0.4) is 0 Å². The van der Waals surface area contributed by atoms with E-state index in [1.807, 2.05) is 0 Å². The SMILES string of the molecule is O=C(O)c1cccc(NC(=O)c2ccc(OCc3nn[nH]n3)cc2)c1. The third kappa shape index (κ3) is 4.16. The number of tetrazole rings is 1. The lowest BCUT2D eigenvalue weighted by Gasteiger charge is -2.07. The number of carboxylic acid groups (broad SMARTS) is 1. The van der Waals surface area contributed by atoms with Gasteiger partial charge in [0.2, 0.25) is 5.82 Å². The van der Waals surface area contributed by atoms with Crippen molar-refractivity contribution in [3.05, 3.63) is 65.5 Å². The van der Waals surface area contributed by atoms with Crippen LogP contribution in [-0.4, -0.2) is 37.6 Å². The molecule has 0 unspecified atom stereocenters. The summed E-state index contributed by atoms with van der Waals surface area (Å²) in [5, 5.41) is 24.9. The summed E-state index contributed by atoms with van der Waals surface area (Å²) in [4.78, 5) is 23.2. The predicted octanol–water partition coefficient (Wildman–Crippen LogP) is 1.73. The van der Waals surface area contributed by atoms with E-state index in [9.17, 15) is 9.59 Å². The summed E-state index contributed by atoms with van der Waals surface area (Å²) in [5.74, 6) is -0.444. The molecule has 2 aromatic carbocycles. The highest BCUT2D eigenvalue weighted by atomic mass is 16.5. The Morgan fingerprint density at radius 1 is 1.12 bits per heavy atom. The Labute approximate surface area is 141 Å². The number of H-pyrrole nitrogens is 1. The van der Waals surface area contributed by atoms with E-state index in [4.69, 9.17) is 9.84 Å². The molecule has 0 aliphatic heterocycles. The lowest BCUT2D eigenvalue weighted by Crippen LogP contribution is -2.12. The van der Waals surface area contributed by atoms with Crippen LogP contribution in [-0.2, 0) is 6.61 Å². The summed E-state index contributed by atoms with van der Waals surface area (Å²) in [5.41, 5.74) is 0.915. The molecule has 0 fully saturated rings. The second-order valence-corrected chi connectivity index (χ2v) is 4.98. The Kier molecular flexibility index (Phi) is 4.65. The summed E-state index contributed by atoms with van der Waals surface area (Å²) in [6, 6.07) is 12.5. The van der Waals surface area contributed by atoms with E-state index < -0.39 is 5.97 Å². The quantitative estimate of drug-likeness (QED) is 0.623. The van der Waals surface area contributed by atoms with Crippen LogP contribution in [0, 0.1) is 0 Å². The van der Waals surface area contributed by atoms with Gasteiger partial charge in [-0.3, -0.25) is 4.79 Å². The molecular weight excluding hydrogens is 326 g/mol. The smallest absolute Gasteiger partial charge is 0.335 e. The molecule has 9 heteroatoms. The molecule has 25 heavy (non-hydrogen) atoms. The van der Waals surface area contributed by atoms with Gasteiger partial charge in [-0.25, -0.2) is 4.79 Å². The van der Waals surface area contributed by atoms with Crippen LogP contribution in [0.25, 0.3) is 0 Å². The monoisotopic (exact) mass is 339 g/mol. The highest BCUT2D eigenvalue weighted by Gasteiger charge is 2.09. The molecule has 0 aliphatic rings. The molecule has 3 N–H and O–H groups in total. The van der Waals surface area contributed by atoms with E-state index in [1.165, 1.54) is 12.1 Å². The normalized spacial score (nSPS) is 10.2. The van der Waals surface area contributed by atoms with Crippen molar-refractivity contribution in [1.82, 2.24) is 20.6 Å². The van der Waals surface area contributed by atoms with Crippen LogP contribution < -0.4 is 10.1 Å². The number of hydrogen-bond acceptors (Lipinski definition) is 6. The number of aromatic nitrogens is 4. The molecule has 3 aromatic rings. The summed E-state index contributed by atoms with van der Waals surface area (Å²) >= 11 is 0. The van der Waals surface area contributed by atoms with Gasteiger partial charge in [0.15, 0.2) is 6.61 Å². The van der Waals surface area contributed by atoms with Crippen molar-refractivity contribution in [2.45, 2.75) is 6.61 Å². The van der Waals surface area contributed by atoms with Crippen LogP contribution in [0.1, 0.15) is 26.5 Å². The summed E-state index contributed by atoms with van der Waals surface area (Å²) in [7, 11) is 0. The van der Waals surface area contributed by atoms with E-state index in [-0.39, 0.29) is 18.1 Å². The van der Waals surface area contributed by atoms with Crippen LogP contribution in [0.4, 0.5) is 5.69 Å². The number of nitrogens with one attached hydrogen (secondary N) is 2. The molecule has 3 rings (SSSR count). The Bertz CT molecular complexity index is 878. The molecule has 0 aliphatic carbocycles. The minimum Gasteiger partial charge on any atom is -0.485 e. The zero-order valence-electron chi connectivity index (χ0n) is 12.8. The molecule has 0 spiro atoms. The Morgan fingerprint density at radius 3 is 2.60 bits per heavy atom. The number of benzene rings is 2. The zero-order valence-corrected chi connectivity index (χ0v) is 12.8. The van der Waals surface area contributed by atoms with Gasteiger partial charge in [0, 0.05) is 11.3 Å². The van der Waals surface area contributed by atoms with Gasteiger partial charge in [-0.1, -0.05) is 11.3 Å². The molecule has 1 heterocycles. The number of amides is 1. The predicted molar refractivity (Wildman–Crippen MR) is 86.3 cm³/mol. The number of hydrogen-bond donors (Lipinski definition) is 3. The van der Waals surface area contributed by atoms with Crippen LogP contribution in [0.5, 0.6) is 5.75 Å². The minimum atomic E-state index is -1.06. The fourth-order valence-corrected chi connectivity index (χ4v) is 2.03. The minimum absolute atomic E-state index is 0.100. The van der Waals surface area contributed by atoms with Crippen molar-refractivity contribution in [3.8, 4) is 5.75 Å². The van der Waals surface area contributed by atoms with E-state index in [0.717, 1.165) is 0 Å². The van der Waals surface area contributed by atoms with Crippen molar-refractivity contribution < 1.29 is 19.4 Å². The number of rotatable bonds is 6. The van der Waals surface area contributed by atoms with Crippen molar-refractivity contribution >= 4 is 17.6 Å². The van der Waals surface area contributed by atoms with Crippen LogP contribution in [0.2, 0.25) is 0 Å². The first kappa shape index (κ1) is 16.1. The number of nitrogens with zero attached hydrogens (tertiary/aromatic N) is 3. The van der Waals surface area contributed by atoms with Gasteiger partial charge >= 0.3 is 5.97 Å². The topological polar surface area (TPSA) is 130 Å². The average molecular weight is 339 g/mol. The first-order valence-electron chi connectivity index (χ1n) is 7.22. The van der Waals surface area contributed by atoms with Gasteiger partial charge in [0.1, 0.15) is 5.75 Å². The maximum absolute atomic E-state index is 12.2. The zero-order chi connectivity index (χ0) is 17.6. The summed E-state index contributed by atoms with van der Waals surface area (Å²) < 4.78 is 5.46. The van der Waals surface area contributed by atoms with E-state index in [2.05, 4.69) is 25.9 Å². The largest absolute Gasteiger partial charge is 0.485 e. The van der Waals surface area contributed by atoms with Gasteiger partial charge in [-0.15, -0.1) is 10.2 Å². The number of carboxylic acids is 1. The maximum atomic E-state index is 12.2. The molecule has 0 atom stereocenters. The van der Waals surface area contributed by atoms with Crippen molar-refractivity contribution in [3.63, 3.8) is 0 Å². The Morgan fingerprint density at radius 2 is 1.92 bits per heavy atom. The number of anilines is 1. The van der Waals surface area contributed by atoms with E-state index in [0.29, 0.717) is 22.8 Å². The van der Waals surface area contributed by atoms with E-state index >= 15 is 0 Å². The van der Waals surface area contributed by atoms with Gasteiger partial charge in [-0.05, 0) is 42.5 Å². The molecule has 0 saturated carbocycles. The fourth-order valence-electron chi connectivity index (χ4n) is 2.03. The van der Waals surface area contributed by atoms with Crippen molar-refractivity contribution in [1.29, 1.82) is 0 Å². The van der Waals surface area contributed by atoms with Crippen LogP contribution in [0.15, 0.2) is 48.5 Å². The molecule has 0 bridgehead atoms. The van der Waals surface area contributed by atoms with Gasteiger partial charge in [-0.2, -0.15) is 5.21 Å². The number of aromatic carboxylic acids is 1. The number of carbonyl (C=O) groups is 2. The van der Waals surface area contributed by atoms with Crippen molar-refractivity contribution in [2.24, 2.45) is 0 Å². The molecule has 126 valence electrons. The van der Waals surface area contributed by atoms with Crippen molar-refractivity contribution in [2.75, 3.05) is 5.32 Å². The van der Waals surface area contributed by atoms with Gasteiger partial charge < -0.3 is 15.2 Å². The van der Waals surface area contributed by atoms with Gasteiger partial charge in [0.05, 0.1) is 5.56 Å². The molecule has 0 radical (unpaired) electrons. The first-order chi connectivity index (χ1) is 12.1. The standard InChI is InChI=1S/C16H13N5O4/c22-15(17-12-3-1-2-11(8-12)16(23)24)10-4-6-13(7-5-10)25-9-14-18-20-21-19-14/h1-8H,9H2,(H,17,22)(H,23,24)(H,18,19,20,21). The second-order valence-electron chi connectivity index (χ2n) is 4.98. The number of aromatic amines is 1. The lowest BCUT2D eigenvalue weighted by molar-refractivity contribution is 0.0696. The highest BCUT2D eigenvalue weighted by Crippen LogP contribution is 2.16. The molecular formula is C16H13N5O4. The Hall–Kier alpha value is -3.75. The highest BCUT2D eigenvalue weighted by molar-refractivity contribution is 6.04. The molecule has 1 aromatic heterocycles. The Balaban J connectivity index is 1.62. The molecule has 1 amide bonds. The van der Waals surface area contributed by atoms with E-state index in [1.54, 1.807) is 36.4 Å². The molecule has 9 nitrogen and oxygen atoms in total. The second kappa shape index (κ2) is 7.21. The number of carbonyl (C=O) groups excluding carboxylic acids is 1. The fraction of sp³-hybridized carbons (Fsp3) is 0.0625. The third-order valence-electron chi connectivity index (χ3n) is 3.24. The lowest BCUT2D eigenvalue weighted by atomic mass is 10.1. The first-order valence-corrected chi connectivity index (χ1v) is 7.22.